The second kappa shape index (κ2) is 12.0. The number of rotatable bonds is 10. The zero-order valence-corrected chi connectivity index (χ0v) is 19.4. The topological polar surface area (TPSA) is 92.3 Å². The number of nitrogens with zero attached hydrogens (tertiary/aromatic N) is 2. The van der Waals surface area contributed by atoms with Gasteiger partial charge in [0.15, 0.2) is 17.5 Å². The summed E-state index contributed by atoms with van der Waals surface area (Å²) in [6.45, 7) is 5.38. The average molecular weight is 441 g/mol. The van der Waals surface area contributed by atoms with Crippen LogP contribution in [-0.2, 0) is 16.4 Å². The Hall–Kier alpha value is -2.00. The zero-order chi connectivity index (χ0) is 22.0. The number of hydrogen-bond acceptors (Lipinski definition) is 5. The molecule has 1 aliphatic heterocycles. The van der Waals surface area contributed by atoms with Crippen LogP contribution in [0.15, 0.2) is 23.2 Å². The first-order valence-corrected chi connectivity index (χ1v) is 12.4. The van der Waals surface area contributed by atoms with Crippen molar-refractivity contribution < 1.29 is 17.9 Å². The Labute approximate surface area is 181 Å². The Bertz CT molecular complexity index is 790. The van der Waals surface area contributed by atoms with E-state index in [1.54, 1.807) is 18.5 Å². The van der Waals surface area contributed by atoms with Crippen molar-refractivity contribution in [2.24, 2.45) is 10.9 Å². The van der Waals surface area contributed by atoms with Crippen LogP contribution < -0.4 is 20.1 Å². The molecule has 0 aliphatic carbocycles. The molecule has 2 N–H and O–H groups in total. The first kappa shape index (κ1) is 24.3. The van der Waals surface area contributed by atoms with Crippen molar-refractivity contribution in [3.8, 4) is 11.5 Å². The van der Waals surface area contributed by atoms with Crippen LogP contribution in [0.4, 0.5) is 0 Å². The molecule has 1 aliphatic rings. The lowest BCUT2D eigenvalue weighted by molar-refractivity contribution is 0.275. The average Bonchev–Trinajstić information content (AvgIpc) is 2.73. The molecule has 170 valence electrons. The number of piperidine rings is 1. The fraction of sp³-hybridized carbons (Fsp3) is 0.667. The molecule has 0 saturated carbocycles. The van der Waals surface area contributed by atoms with Gasteiger partial charge in [-0.1, -0.05) is 6.07 Å². The molecule has 0 atom stereocenters. The second-order valence-corrected chi connectivity index (χ2v) is 9.49. The molecule has 1 heterocycles. The molecule has 1 fully saturated rings. The highest BCUT2D eigenvalue weighted by molar-refractivity contribution is 7.88. The molecule has 0 unspecified atom stereocenters. The van der Waals surface area contributed by atoms with Gasteiger partial charge < -0.3 is 20.1 Å². The van der Waals surface area contributed by atoms with Gasteiger partial charge in [0.25, 0.3) is 0 Å². The van der Waals surface area contributed by atoms with Crippen molar-refractivity contribution in [2.75, 3.05) is 53.2 Å². The SMILES string of the molecule is CCOc1cc(CCCNC(=NC)NCC2CCN(S(C)(=O)=O)CC2)ccc1OC. The highest BCUT2D eigenvalue weighted by Gasteiger charge is 2.24. The monoisotopic (exact) mass is 440 g/mol. The minimum atomic E-state index is -3.07. The summed E-state index contributed by atoms with van der Waals surface area (Å²) in [6.07, 6.45) is 4.91. The number of aryl methyl sites for hydroxylation is 1. The van der Waals surface area contributed by atoms with E-state index in [1.807, 2.05) is 19.1 Å². The molecule has 1 aromatic carbocycles. The van der Waals surface area contributed by atoms with Crippen molar-refractivity contribution in [3.63, 3.8) is 0 Å². The molecular formula is C21H36N4O4S. The van der Waals surface area contributed by atoms with Crippen LogP contribution in [0.25, 0.3) is 0 Å². The van der Waals surface area contributed by atoms with Gasteiger partial charge in [-0.05, 0) is 56.2 Å². The molecule has 0 radical (unpaired) electrons. The number of methoxy groups -OCH3 is 1. The molecule has 30 heavy (non-hydrogen) atoms. The maximum Gasteiger partial charge on any atom is 0.211 e. The Morgan fingerprint density at radius 1 is 1.23 bits per heavy atom. The van der Waals surface area contributed by atoms with Crippen LogP contribution >= 0.6 is 0 Å². The van der Waals surface area contributed by atoms with Gasteiger partial charge >= 0.3 is 0 Å². The quantitative estimate of drug-likeness (QED) is 0.328. The highest BCUT2D eigenvalue weighted by Crippen LogP contribution is 2.28. The van der Waals surface area contributed by atoms with E-state index in [-0.39, 0.29) is 0 Å². The lowest BCUT2D eigenvalue weighted by Crippen LogP contribution is -2.44. The van der Waals surface area contributed by atoms with Gasteiger partial charge in [-0.25, -0.2) is 12.7 Å². The van der Waals surface area contributed by atoms with E-state index < -0.39 is 10.0 Å². The summed E-state index contributed by atoms with van der Waals surface area (Å²) in [4.78, 5) is 4.28. The predicted octanol–water partition coefficient (Wildman–Crippen LogP) is 1.86. The van der Waals surface area contributed by atoms with Gasteiger partial charge in [0.1, 0.15) is 0 Å². The van der Waals surface area contributed by atoms with Gasteiger partial charge in [-0.15, -0.1) is 0 Å². The molecular weight excluding hydrogens is 404 g/mol. The molecule has 0 spiro atoms. The number of aliphatic imine (C=N–C) groups is 1. The molecule has 1 saturated heterocycles. The second-order valence-electron chi connectivity index (χ2n) is 7.51. The van der Waals surface area contributed by atoms with E-state index in [9.17, 15) is 8.42 Å². The molecule has 0 bridgehead atoms. The normalized spacial score (nSPS) is 16.3. The minimum Gasteiger partial charge on any atom is -0.493 e. The zero-order valence-electron chi connectivity index (χ0n) is 18.6. The third-order valence-electron chi connectivity index (χ3n) is 5.29. The standard InChI is InChI=1S/C21H36N4O4S/c1-5-29-20-15-17(8-9-19(20)28-3)7-6-12-23-21(22-2)24-16-18-10-13-25(14-11-18)30(4,26)27/h8-9,15,18H,5-7,10-14,16H2,1-4H3,(H2,22,23,24). The fourth-order valence-corrected chi connectivity index (χ4v) is 4.42. The maximum atomic E-state index is 11.6. The van der Waals surface area contributed by atoms with Crippen LogP contribution in [0.2, 0.25) is 0 Å². The van der Waals surface area contributed by atoms with Gasteiger partial charge in [0.05, 0.1) is 20.0 Å². The number of nitrogens with one attached hydrogen (secondary N) is 2. The third kappa shape index (κ3) is 7.68. The predicted molar refractivity (Wildman–Crippen MR) is 121 cm³/mol. The molecule has 8 nitrogen and oxygen atoms in total. The Kier molecular flexibility index (Phi) is 9.71. The third-order valence-corrected chi connectivity index (χ3v) is 6.59. The van der Waals surface area contributed by atoms with E-state index in [0.29, 0.717) is 25.6 Å². The summed E-state index contributed by atoms with van der Waals surface area (Å²) in [5.74, 6) is 2.78. The Morgan fingerprint density at radius 3 is 2.57 bits per heavy atom. The van der Waals surface area contributed by atoms with Crippen molar-refractivity contribution in [1.29, 1.82) is 0 Å². The summed E-state index contributed by atoms with van der Waals surface area (Å²) in [5.41, 5.74) is 1.21. The van der Waals surface area contributed by atoms with Crippen LogP contribution in [0.1, 0.15) is 31.7 Å². The van der Waals surface area contributed by atoms with Crippen LogP contribution in [0, 0.1) is 5.92 Å². The van der Waals surface area contributed by atoms with Crippen LogP contribution in [0.5, 0.6) is 11.5 Å². The fourth-order valence-electron chi connectivity index (χ4n) is 3.55. The molecule has 2 rings (SSSR count). The molecule has 9 heteroatoms. The van der Waals surface area contributed by atoms with Crippen molar-refractivity contribution in [1.82, 2.24) is 14.9 Å². The summed E-state index contributed by atoms with van der Waals surface area (Å²) < 4.78 is 35.7. The summed E-state index contributed by atoms with van der Waals surface area (Å²) in [6, 6.07) is 6.05. The van der Waals surface area contributed by atoms with E-state index in [1.165, 1.54) is 11.8 Å². The number of benzene rings is 1. The number of guanidine groups is 1. The first-order valence-electron chi connectivity index (χ1n) is 10.6. The van der Waals surface area contributed by atoms with Crippen LogP contribution in [0.3, 0.4) is 0 Å². The van der Waals surface area contributed by atoms with Crippen LogP contribution in [-0.4, -0.2) is 71.9 Å². The van der Waals surface area contributed by atoms with Crippen molar-refractivity contribution in [2.45, 2.75) is 32.6 Å². The Morgan fingerprint density at radius 2 is 1.97 bits per heavy atom. The van der Waals surface area contributed by atoms with Crippen molar-refractivity contribution in [3.05, 3.63) is 23.8 Å². The van der Waals surface area contributed by atoms with Crippen molar-refractivity contribution >= 4 is 16.0 Å². The van der Waals surface area contributed by atoms with E-state index in [4.69, 9.17) is 9.47 Å². The van der Waals surface area contributed by atoms with E-state index in [0.717, 1.165) is 56.2 Å². The van der Waals surface area contributed by atoms with Gasteiger partial charge in [0, 0.05) is 33.2 Å². The molecule has 0 amide bonds. The van der Waals surface area contributed by atoms with Gasteiger partial charge in [-0.2, -0.15) is 0 Å². The smallest absolute Gasteiger partial charge is 0.211 e. The Balaban J connectivity index is 1.69. The number of hydrogen-bond donors (Lipinski definition) is 2. The lowest BCUT2D eigenvalue weighted by Gasteiger charge is -2.30. The molecule has 0 aromatic heterocycles. The van der Waals surface area contributed by atoms with Gasteiger partial charge in [-0.3, -0.25) is 4.99 Å². The summed E-state index contributed by atoms with van der Waals surface area (Å²) in [5, 5.41) is 6.72. The summed E-state index contributed by atoms with van der Waals surface area (Å²) >= 11 is 0. The first-order chi connectivity index (χ1) is 14.4. The number of sulfonamides is 1. The van der Waals surface area contributed by atoms with E-state index in [2.05, 4.69) is 21.7 Å². The van der Waals surface area contributed by atoms with Gasteiger partial charge in [0.2, 0.25) is 10.0 Å². The molecule has 1 aromatic rings. The lowest BCUT2D eigenvalue weighted by atomic mass is 9.98. The minimum absolute atomic E-state index is 0.456. The van der Waals surface area contributed by atoms with E-state index >= 15 is 0 Å². The maximum absolute atomic E-state index is 11.6. The largest absolute Gasteiger partial charge is 0.493 e. The number of ether oxygens (including phenoxy) is 2. The summed E-state index contributed by atoms with van der Waals surface area (Å²) in [7, 11) is 0.340. The highest BCUT2D eigenvalue weighted by atomic mass is 32.2.